The predicted molar refractivity (Wildman–Crippen MR) is 64.4 cm³/mol. The van der Waals surface area contributed by atoms with Crippen LogP contribution in [0.3, 0.4) is 0 Å². The lowest BCUT2D eigenvalue weighted by Gasteiger charge is -2.06. The van der Waals surface area contributed by atoms with Crippen LogP contribution in [0.2, 0.25) is 10.0 Å². The molecule has 0 aliphatic carbocycles. The van der Waals surface area contributed by atoms with Gasteiger partial charge in [-0.1, -0.05) is 23.2 Å². The van der Waals surface area contributed by atoms with Gasteiger partial charge in [-0.15, -0.1) is 0 Å². The minimum Gasteiger partial charge on any atom is -0.385 e. The van der Waals surface area contributed by atoms with E-state index in [9.17, 15) is 0 Å². The average Bonchev–Trinajstić information content (AvgIpc) is 2.23. The largest absolute Gasteiger partial charge is 0.385 e. The van der Waals surface area contributed by atoms with E-state index in [2.05, 4.69) is 11.4 Å². The number of benzene rings is 1. The number of unbranched alkanes of at least 4 members (excludes halogenated alkanes) is 2. The molecule has 0 spiro atoms. The first kappa shape index (κ1) is 12.2. The molecule has 0 saturated carbocycles. The molecule has 0 radical (unpaired) electrons. The molecule has 0 bridgehead atoms. The molecule has 0 aromatic heterocycles. The Kier molecular flexibility index (Phi) is 5.31. The van der Waals surface area contributed by atoms with Crippen molar-refractivity contribution in [2.24, 2.45) is 0 Å². The quantitative estimate of drug-likeness (QED) is 0.790. The third-order valence-corrected chi connectivity index (χ3v) is 2.70. The Balaban J connectivity index is 2.32. The summed E-state index contributed by atoms with van der Waals surface area (Å²) in [5.41, 5.74) is 0.960. The maximum Gasteiger partial charge on any atom is 0.0621 e. The highest BCUT2D eigenvalue weighted by atomic mass is 35.5. The number of nitrogens with one attached hydrogen (secondary N) is 1. The molecule has 0 fully saturated rings. The second-order valence-corrected chi connectivity index (χ2v) is 3.99. The van der Waals surface area contributed by atoms with Crippen molar-refractivity contribution >= 4 is 28.9 Å². The molecule has 1 aromatic carbocycles. The minimum absolute atomic E-state index is 0.554. The topological polar surface area (TPSA) is 35.8 Å². The number of nitriles is 1. The van der Waals surface area contributed by atoms with Crippen LogP contribution in [0.5, 0.6) is 0 Å². The summed E-state index contributed by atoms with van der Waals surface area (Å²) in [4.78, 5) is 0. The molecule has 0 aliphatic heterocycles. The Hall–Kier alpha value is -0.910. The van der Waals surface area contributed by atoms with Crippen molar-refractivity contribution in [2.75, 3.05) is 11.9 Å². The molecule has 1 aromatic rings. The Morgan fingerprint density at radius 2 is 2.00 bits per heavy atom. The van der Waals surface area contributed by atoms with Gasteiger partial charge in [0.2, 0.25) is 0 Å². The highest BCUT2D eigenvalue weighted by Gasteiger charge is 1.98. The van der Waals surface area contributed by atoms with E-state index in [1.54, 1.807) is 12.1 Å². The summed E-state index contributed by atoms with van der Waals surface area (Å²) < 4.78 is 0. The average molecular weight is 243 g/mol. The van der Waals surface area contributed by atoms with Crippen LogP contribution >= 0.6 is 23.2 Å². The van der Waals surface area contributed by atoms with Gasteiger partial charge in [0, 0.05) is 18.7 Å². The molecule has 0 amide bonds. The van der Waals surface area contributed by atoms with Crippen molar-refractivity contribution in [3.8, 4) is 6.07 Å². The number of halogens is 2. The van der Waals surface area contributed by atoms with Gasteiger partial charge in [-0.05, 0) is 31.0 Å². The van der Waals surface area contributed by atoms with E-state index < -0.39 is 0 Å². The Bertz CT molecular complexity index is 358. The summed E-state index contributed by atoms with van der Waals surface area (Å²) in [6, 6.07) is 7.57. The molecule has 0 aliphatic rings. The molecule has 1 N–H and O–H groups in total. The predicted octanol–water partition coefficient (Wildman–Crippen LogP) is 4.10. The maximum absolute atomic E-state index is 8.35. The van der Waals surface area contributed by atoms with E-state index in [-0.39, 0.29) is 0 Å². The molecule has 1 rings (SSSR count). The Labute approximate surface area is 99.8 Å². The van der Waals surface area contributed by atoms with Gasteiger partial charge in [-0.2, -0.15) is 5.26 Å². The van der Waals surface area contributed by atoms with Crippen molar-refractivity contribution in [3.63, 3.8) is 0 Å². The molecule has 0 heterocycles. The van der Waals surface area contributed by atoms with Crippen LogP contribution in [0.4, 0.5) is 5.69 Å². The third kappa shape index (κ3) is 4.42. The second kappa shape index (κ2) is 6.55. The molecule has 15 heavy (non-hydrogen) atoms. The number of nitrogens with zero attached hydrogens (tertiary/aromatic N) is 1. The van der Waals surface area contributed by atoms with Crippen LogP contribution < -0.4 is 5.32 Å². The fourth-order valence-corrected chi connectivity index (χ4v) is 1.47. The van der Waals surface area contributed by atoms with Crippen LogP contribution in [0.15, 0.2) is 18.2 Å². The summed E-state index contributed by atoms with van der Waals surface area (Å²) in [6.07, 6.45) is 2.52. The van der Waals surface area contributed by atoms with Crippen LogP contribution in [0, 0.1) is 11.3 Å². The first-order valence-electron chi connectivity index (χ1n) is 4.80. The van der Waals surface area contributed by atoms with Gasteiger partial charge in [0.1, 0.15) is 0 Å². The molecule has 0 atom stereocenters. The van der Waals surface area contributed by atoms with E-state index in [1.807, 2.05) is 6.07 Å². The zero-order valence-electron chi connectivity index (χ0n) is 8.26. The second-order valence-electron chi connectivity index (χ2n) is 3.17. The fourth-order valence-electron chi connectivity index (χ4n) is 1.17. The summed E-state index contributed by atoms with van der Waals surface area (Å²) in [7, 11) is 0. The molecule has 0 unspecified atom stereocenters. The summed E-state index contributed by atoms with van der Waals surface area (Å²) >= 11 is 11.6. The van der Waals surface area contributed by atoms with Crippen LogP contribution in [0.1, 0.15) is 19.3 Å². The van der Waals surface area contributed by atoms with Gasteiger partial charge in [0.05, 0.1) is 16.1 Å². The molecule has 2 nitrogen and oxygen atoms in total. The summed E-state index contributed by atoms with van der Waals surface area (Å²) in [5, 5.41) is 12.7. The first-order chi connectivity index (χ1) is 7.24. The minimum atomic E-state index is 0.554. The number of rotatable bonds is 5. The van der Waals surface area contributed by atoms with Crippen LogP contribution in [-0.2, 0) is 0 Å². The summed E-state index contributed by atoms with van der Waals surface area (Å²) in [5.74, 6) is 0. The zero-order chi connectivity index (χ0) is 11.1. The van der Waals surface area contributed by atoms with Crippen molar-refractivity contribution in [2.45, 2.75) is 19.3 Å². The van der Waals surface area contributed by atoms with E-state index in [1.165, 1.54) is 0 Å². The molecular formula is C11H12Cl2N2. The van der Waals surface area contributed by atoms with Crippen molar-refractivity contribution < 1.29 is 0 Å². The SMILES string of the molecule is N#CCCCCNc1ccc(Cl)c(Cl)c1. The van der Waals surface area contributed by atoms with Crippen molar-refractivity contribution in [1.29, 1.82) is 5.26 Å². The molecular weight excluding hydrogens is 231 g/mol. The lowest BCUT2D eigenvalue weighted by Crippen LogP contribution is -2.00. The van der Waals surface area contributed by atoms with Crippen molar-refractivity contribution in [3.05, 3.63) is 28.2 Å². The van der Waals surface area contributed by atoms with Gasteiger partial charge < -0.3 is 5.32 Å². The van der Waals surface area contributed by atoms with Gasteiger partial charge in [-0.3, -0.25) is 0 Å². The van der Waals surface area contributed by atoms with Gasteiger partial charge in [0.15, 0.2) is 0 Å². The van der Waals surface area contributed by atoms with E-state index >= 15 is 0 Å². The summed E-state index contributed by atoms with van der Waals surface area (Å²) in [6.45, 7) is 0.847. The third-order valence-electron chi connectivity index (χ3n) is 1.96. The van der Waals surface area contributed by atoms with Crippen molar-refractivity contribution in [1.82, 2.24) is 0 Å². The van der Waals surface area contributed by atoms with E-state index in [0.717, 1.165) is 25.1 Å². The monoisotopic (exact) mass is 242 g/mol. The number of anilines is 1. The van der Waals surface area contributed by atoms with Gasteiger partial charge >= 0.3 is 0 Å². The highest BCUT2D eigenvalue weighted by Crippen LogP contribution is 2.24. The van der Waals surface area contributed by atoms with Crippen LogP contribution in [0.25, 0.3) is 0 Å². The lowest BCUT2D eigenvalue weighted by atomic mass is 10.2. The Morgan fingerprint density at radius 3 is 2.67 bits per heavy atom. The number of hydrogen-bond donors (Lipinski definition) is 1. The normalized spacial score (nSPS) is 9.67. The smallest absolute Gasteiger partial charge is 0.0621 e. The fraction of sp³-hybridized carbons (Fsp3) is 0.364. The Morgan fingerprint density at radius 1 is 1.20 bits per heavy atom. The maximum atomic E-state index is 8.35. The first-order valence-corrected chi connectivity index (χ1v) is 5.55. The van der Waals surface area contributed by atoms with E-state index in [0.29, 0.717) is 16.5 Å². The molecule has 80 valence electrons. The van der Waals surface area contributed by atoms with Crippen LogP contribution in [-0.4, -0.2) is 6.54 Å². The van der Waals surface area contributed by atoms with E-state index in [4.69, 9.17) is 28.5 Å². The molecule has 0 saturated heterocycles. The van der Waals surface area contributed by atoms with Gasteiger partial charge in [-0.25, -0.2) is 0 Å². The molecule has 4 heteroatoms. The number of hydrogen-bond acceptors (Lipinski definition) is 2. The highest BCUT2D eigenvalue weighted by molar-refractivity contribution is 6.42. The zero-order valence-corrected chi connectivity index (χ0v) is 9.78. The van der Waals surface area contributed by atoms with Gasteiger partial charge in [0.25, 0.3) is 0 Å². The lowest BCUT2D eigenvalue weighted by molar-refractivity contribution is 0.785. The standard InChI is InChI=1S/C11H12Cl2N2/c12-10-5-4-9(8-11(10)13)15-7-3-1-2-6-14/h4-5,8,15H,1-3,7H2.